The monoisotopic (exact) mass is 507 g/mol. The molecule has 2 radical (unpaired) electrons. The summed E-state index contributed by atoms with van der Waals surface area (Å²) in [7, 11) is 6.37. The van der Waals surface area contributed by atoms with Crippen molar-refractivity contribution in [3.63, 3.8) is 0 Å². The molecule has 3 heterocycles. The van der Waals surface area contributed by atoms with Crippen LogP contribution < -0.4 is 16.2 Å². The van der Waals surface area contributed by atoms with Gasteiger partial charge < -0.3 is 10.6 Å². The Labute approximate surface area is 219 Å². The highest BCUT2D eigenvalue weighted by atomic mass is 19.3. The van der Waals surface area contributed by atoms with Gasteiger partial charge in [-0.05, 0) is 71.6 Å². The Morgan fingerprint density at radius 3 is 2.35 bits per heavy atom. The number of allylic oxidation sites excluding steroid dienone is 1. The van der Waals surface area contributed by atoms with E-state index in [9.17, 15) is 8.78 Å². The Kier molecular flexibility index (Phi) is 9.77. The summed E-state index contributed by atoms with van der Waals surface area (Å²) in [6, 6.07) is 6.77. The first kappa shape index (κ1) is 28.3. The molecule has 3 aromatic heterocycles. The van der Waals surface area contributed by atoms with Crippen LogP contribution in [0.15, 0.2) is 41.7 Å². The molecule has 1 fully saturated rings. The fraction of sp³-hybridized carbons (Fsp3) is 0.481. The number of halogens is 2. The lowest BCUT2D eigenvalue weighted by molar-refractivity contribution is 0.144. The van der Waals surface area contributed by atoms with Gasteiger partial charge in [-0.3, -0.25) is 9.98 Å². The second-order valence-electron chi connectivity index (χ2n) is 9.62. The normalized spacial score (nSPS) is 17.2. The third-order valence-electron chi connectivity index (χ3n) is 6.04. The van der Waals surface area contributed by atoms with Crippen LogP contribution in [0.25, 0.3) is 16.8 Å². The SMILES string of the molecule is CCC(F)F.[B]c1nc(NC2CCC(NC(=C)C)CC2)nn2ccc(-c3ccc(N=C(C)C)c(C)n3)c12. The molecule has 7 nitrogen and oxygen atoms in total. The van der Waals surface area contributed by atoms with Gasteiger partial charge in [-0.25, -0.2) is 18.3 Å². The van der Waals surface area contributed by atoms with Gasteiger partial charge in [0.25, 0.3) is 0 Å². The zero-order valence-electron chi connectivity index (χ0n) is 22.4. The van der Waals surface area contributed by atoms with E-state index in [1.165, 1.54) is 6.92 Å². The Balaban J connectivity index is 0.000000695. The van der Waals surface area contributed by atoms with Crippen molar-refractivity contribution in [2.24, 2.45) is 4.99 Å². The van der Waals surface area contributed by atoms with E-state index in [0.29, 0.717) is 23.6 Å². The van der Waals surface area contributed by atoms with Gasteiger partial charge in [-0.1, -0.05) is 13.5 Å². The van der Waals surface area contributed by atoms with Gasteiger partial charge in [-0.15, -0.1) is 5.10 Å². The van der Waals surface area contributed by atoms with E-state index in [0.717, 1.165) is 65.2 Å². The summed E-state index contributed by atoms with van der Waals surface area (Å²) in [5.41, 5.74) is 6.71. The van der Waals surface area contributed by atoms with Crippen molar-refractivity contribution >= 4 is 36.3 Å². The summed E-state index contributed by atoms with van der Waals surface area (Å²) in [5.74, 6) is 0.556. The lowest BCUT2D eigenvalue weighted by Crippen LogP contribution is -2.36. The number of fused-ring (bicyclic) bond motifs is 1. The molecule has 0 aromatic carbocycles. The zero-order chi connectivity index (χ0) is 27.1. The van der Waals surface area contributed by atoms with Crippen molar-refractivity contribution in [3.8, 4) is 11.3 Å². The van der Waals surface area contributed by atoms with Crippen LogP contribution in [0.2, 0.25) is 0 Å². The third-order valence-corrected chi connectivity index (χ3v) is 6.04. The number of hydrogen-bond donors (Lipinski definition) is 2. The number of rotatable bonds is 7. The van der Waals surface area contributed by atoms with Crippen molar-refractivity contribution in [2.45, 2.75) is 85.2 Å². The van der Waals surface area contributed by atoms with Crippen LogP contribution in [0.4, 0.5) is 20.4 Å². The lowest BCUT2D eigenvalue weighted by Gasteiger charge is -2.30. The van der Waals surface area contributed by atoms with Crippen LogP contribution in [-0.4, -0.2) is 51.6 Å². The van der Waals surface area contributed by atoms with Crippen LogP contribution in [0.1, 0.15) is 65.5 Å². The molecule has 0 atom stereocenters. The number of hydrogen-bond acceptors (Lipinski definition) is 6. The summed E-state index contributed by atoms with van der Waals surface area (Å²) in [6.45, 7) is 13.3. The van der Waals surface area contributed by atoms with Crippen molar-refractivity contribution in [3.05, 3.63) is 42.4 Å². The Hall–Kier alpha value is -3.30. The van der Waals surface area contributed by atoms with E-state index in [2.05, 4.69) is 32.3 Å². The number of nitrogens with zero attached hydrogens (tertiary/aromatic N) is 5. The number of aryl methyl sites for hydroxylation is 1. The minimum Gasteiger partial charge on any atom is -0.386 e. The summed E-state index contributed by atoms with van der Waals surface area (Å²) < 4.78 is 23.3. The molecule has 196 valence electrons. The molecular formula is C27H36BF2N7. The van der Waals surface area contributed by atoms with E-state index in [4.69, 9.17) is 12.8 Å². The topological polar surface area (TPSA) is 79.5 Å². The number of nitrogens with one attached hydrogen (secondary N) is 2. The Morgan fingerprint density at radius 1 is 1.14 bits per heavy atom. The second kappa shape index (κ2) is 12.8. The van der Waals surface area contributed by atoms with Crippen LogP contribution in [0.5, 0.6) is 0 Å². The van der Waals surface area contributed by atoms with Gasteiger partial charge in [0.05, 0.1) is 22.6 Å². The highest BCUT2D eigenvalue weighted by Crippen LogP contribution is 2.27. The molecule has 0 saturated heterocycles. The molecular weight excluding hydrogens is 471 g/mol. The summed E-state index contributed by atoms with van der Waals surface area (Å²) in [4.78, 5) is 13.8. The summed E-state index contributed by atoms with van der Waals surface area (Å²) >= 11 is 0. The number of alkyl halides is 2. The fourth-order valence-corrected chi connectivity index (χ4v) is 4.30. The minimum atomic E-state index is -2.12. The summed E-state index contributed by atoms with van der Waals surface area (Å²) in [6.07, 6.45) is 4.06. The standard InChI is InChI=1S/C24H30BN7.C3H6F2/c1-14(2)26-17-6-8-18(9-7-17)29-24-30-23(25)22-19(12-13-32(22)31-24)21-11-10-20(16(5)28-21)27-15(3)4;1-2-3(4)5/h10-13,17-18,26H,1,6-9H2,2-5H3,(H,29,31);3H,2H2,1H3. The molecule has 2 N–H and O–H groups in total. The predicted molar refractivity (Wildman–Crippen MR) is 149 cm³/mol. The number of aliphatic imine (C=N–C) groups is 1. The smallest absolute Gasteiger partial charge is 0.240 e. The van der Waals surface area contributed by atoms with Crippen LogP contribution in [0.3, 0.4) is 0 Å². The highest BCUT2D eigenvalue weighted by Gasteiger charge is 2.22. The fourth-order valence-electron chi connectivity index (χ4n) is 4.30. The average molecular weight is 507 g/mol. The Morgan fingerprint density at radius 2 is 1.78 bits per heavy atom. The summed E-state index contributed by atoms with van der Waals surface area (Å²) in [5, 5.41) is 11.6. The van der Waals surface area contributed by atoms with Crippen molar-refractivity contribution in [1.82, 2.24) is 24.9 Å². The molecule has 0 amide bonds. The number of pyridine rings is 1. The van der Waals surface area contributed by atoms with E-state index < -0.39 is 6.43 Å². The van der Waals surface area contributed by atoms with Crippen LogP contribution in [0, 0.1) is 6.92 Å². The molecule has 0 bridgehead atoms. The Bertz CT molecular complexity index is 1240. The molecule has 1 saturated carbocycles. The van der Waals surface area contributed by atoms with Gasteiger partial charge in [-0.2, -0.15) is 0 Å². The van der Waals surface area contributed by atoms with Gasteiger partial charge >= 0.3 is 0 Å². The maximum Gasteiger partial charge on any atom is 0.240 e. The second-order valence-corrected chi connectivity index (χ2v) is 9.62. The molecule has 0 aliphatic heterocycles. The largest absolute Gasteiger partial charge is 0.386 e. The predicted octanol–water partition coefficient (Wildman–Crippen LogP) is 5.51. The molecule has 4 rings (SSSR count). The molecule has 1 aliphatic carbocycles. The molecule has 0 spiro atoms. The molecule has 3 aromatic rings. The highest BCUT2D eigenvalue weighted by molar-refractivity contribution is 6.36. The van der Waals surface area contributed by atoms with Crippen molar-refractivity contribution in [1.29, 1.82) is 0 Å². The van der Waals surface area contributed by atoms with E-state index >= 15 is 0 Å². The zero-order valence-corrected chi connectivity index (χ0v) is 22.4. The minimum absolute atomic E-state index is 0.0278. The third kappa shape index (κ3) is 7.84. The van der Waals surface area contributed by atoms with E-state index in [1.54, 1.807) is 4.52 Å². The average Bonchev–Trinajstić information content (AvgIpc) is 3.26. The van der Waals surface area contributed by atoms with Gasteiger partial charge in [0.2, 0.25) is 12.4 Å². The lowest BCUT2D eigenvalue weighted by atomic mass is 9.91. The molecule has 0 unspecified atom stereocenters. The van der Waals surface area contributed by atoms with E-state index in [-0.39, 0.29) is 6.42 Å². The van der Waals surface area contributed by atoms with Crippen molar-refractivity contribution < 1.29 is 8.78 Å². The molecule has 1 aliphatic rings. The first-order valence-electron chi connectivity index (χ1n) is 12.7. The molecule has 10 heteroatoms. The maximum absolute atomic E-state index is 10.8. The van der Waals surface area contributed by atoms with Gasteiger partial charge in [0.15, 0.2) is 0 Å². The number of aromatic nitrogens is 4. The molecule has 37 heavy (non-hydrogen) atoms. The van der Waals surface area contributed by atoms with Crippen molar-refractivity contribution in [2.75, 3.05) is 5.32 Å². The van der Waals surface area contributed by atoms with Crippen LogP contribution in [-0.2, 0) is 0 Å². The quantitative estimate of drug-likeness (QED) is 0.326. The van der Waals surface area contributed by atoms with Gasteiger partial charge in [0, 0.05) is 47.3 Å². The first-order valence-corrected chi connectivity index (χ1v) is 12.7. The van der Waals surface area contributed by atoms with Gasteiger partial charge in [0.1, 0.15) is 7.85 Å². The van der Waals surface area contributed by atoms with E-state index in [1.807, 2.05) is 52.1 Å². The first-order chi connectivity index (χ1) is 17.6. The maximum atomic E-state index is 10.8. The van der Waals surface area contributed by atoms with Crippen LogP contribution >= 0.6 is 0 Å². The number of anilines is 1.